The van der Waals surface area contributed by atoms with Crippen molar-refractivity contribution in [3.8, 4) is 0 Å². The van der Waals surface area contributed by atoms with Crippen LogP contribution < -0.4 is 5.32 Å². The van der Waals surface area contributed by atoms with Crippen LogP contribution in [0, 0.1) is 0 Å². The standard InChI is InChI=1S/C11H11N3O3/c1-16-11(15)9-3-2-5-12-10(9)13-7-8-4-6-14-17-8/h2-6H,7H2,1H3,(H,12,13). The zero-order valence-electron chi connectivity index (χ0n) is 9.21. The minimum Gasteiger partial charge on any atom is -0.465 e. The van der Waals surface area contributed by atoms with Crippen molar-refractivity contribution in [2.45, 2.75) is 6.54 Å². The summed E-state index contributed by atoms with van der Waals surface area (Å²) in [6.07, 6.45) is 3.14. The first-order chi connectivity index (χ1) is 8.31. The van der Waals surface area contributed by atoms with Crippen LogP contribution in [0.4, 0.5) is 5.82 Å². The molecule has 0 amide bonds. The molecule has 2 aromatic rings. The molecule has 0 fully saturated rings. The number of ether oxygens (including phenoxy) is 1. The van der Waals surface area contributed by atoms with E-state index in [0.717, 1.165) is 0 Å². The van der Waals surface area contributed by atoms with Gasteiger partial charge >= 0.3 is 5.97 Å². The van der Waals surface area contributed by atoms with Gasteiger partial charge in [0.2, 0.25) is 0 Å². The average molecular weight is 233 g/mol. The Hall–Kier alpha value is -2.37. The summed E-state index contributed by atoms with van der Waals surface area (Å²) in [6, 6.07) is 5.04. The quantitative estimate of drug-likeness (QED) is 0.806. The van der Waals surface area contributed by atoms with Gasteiger partial charge in [-0.05, 0) is 12.1 Å². The Bertz CT molecular complexity index is 496. The fourth-order valence-corrected chi connectivity index (χ4v) is 1.33. The zero-order valence-corrected chi connectivity index (χ0v) is 9.21. The molecule has 0 atom stereocenters. The lowest BCUT2D eigenvalue weighted by Crippen LogP contribution is -2.09. The molecule has 0 aromatic carbocycles. The van der Waals surface area contributed by atoms with E-state index >= 15 is 0 Å². The number of methoxy groups -OCH3 is 1. The van der Waals surface area contributed by atoms with Gasteiger partial charge < -0.3 is 14.6 Å². The van der Waals surface area contributed by atoms with Crippen molar-refractivity contribution in [2.75, 3.05) is 12.4 Å². The van der Waals surface area contributed by atoms with E-state index in [1.165, 1.54) is 7.11 Å². The third kappa shape index (κ3) is 2.60. The van der Waals surface area contributed by atoms with Gasteiger partial charge in [0.05, 0.1) is 19.9 Å². The average Bonchev–Trinajstić information content (AvgIpc) is 2.89. The SMILES string of the molecule is COC(=O)c1cccnc1NCc1ccno1. The summed E-state index contributed by atoms with van der Waals surface area (Å²) in [4.78, 5) is 15.5. The van der Waals surface area contributed by atoms with E-state index in [9.17, 15) is 4.79 Å². The van der Waals surface area contributed by atoms with Crippen molar-refractivity contribution < 1.29 is 14.1 Å². The lowest BCUT2D eigenvalue weighted by molar-refractivity contribution is 0.0601. The largest absolute Gasteiger partial charge is 0.465 e. The van der Waals surface area contributed by atoms with E-state index in [4.69, 9.17) is 4.52 Å². The predicted octanol–water partition coefficient (Wildman–Crippen LogP) is 1.47. The summed E-state index contributed by atoms with van der Waals surface area (Å²) >= 11 is 0. The van der Waals surface area contributed by atoms with E-state index in [-0.39, 0.29) is 0 Å². The summed E-state index contributed by atoms with van der Waals surface area (Å²) < 4.78 is 9.58. The number of carbonyl (C=O) groups is 1. The monoisotopic (exact) mass is 233 g/mol. The molecular weight excluding hydrogens is 222 g/mol. The number of esters is 1. The highest BCUT2D eigenvalue weighted by Crippen LogP contribution is 2.13. The first-order valence-electron chi connectivity index (χ1n) is 4.98. The molecule has 6 nitrogen and oxygen atoms in total. The van der Waals surface area contributed by atoms with Crippen LogP contribution in [0.1, 0.15) is 16.1 Å². The minimum atomic E-state index is -0.432. The Morgan fingerprint density at radius 1 is 1.47 bits per heavy atom. The van der Waals surface area contributed by atoms with Crippen LogP contribution in [0.3, 0.4) is 0 Å². The molecule has 2 aromatic heterocycles. The van der Waals surface area contributed by atoms with Crippen LogP contribution >= 0.6 is 0 Å². The maximum absolute atomic E-state index is 11.5. The van der Waals surface area contributed by atoms with E-state index in [1.54, 1.807) is 30.6 Å². The highest BCUT2D eigenvalue weighted by Gasteiger charge is 2.12. The van der Waals surface area contributed by atoms with Crippen LogP contribution in [-0.4, -0.2) is 23.2 Å². The maximum Gasteiger partial charge on any atom is 0.341 e. The topological polar surface area (TPSA) is 77.2 Å². The second-order valence-corrected chi connectivity index (χ2v) is 3.22. The second kappa shape index (κ2) is 5.11. The molecule has 17 heavy (non-hydrogen) atoms. The molecule has 88 valence electrons. The fourth-order valence-electron chi connectivity index (χ4n) is 1.33. The third-order valence-corrected chi connectivity index (χ3v) is 2.13. The number of carbonyl (C=O) groups excluding carboxylic acids is 1. The number of anilines is 1. The predicted molar refractivity (Wildman–Crippen MR) is 59.4 cm³/mol. The van der Waals surface area contributed by atoms with Crippen molar-refractivity contribution >= 4 is 11.8 Å². The lowest BCUT2D eigenvalue weighted by Gasteiger charge is -2.07. The Kier molecular flexibility index (Phi) is 3.34. The van der Waals surface area contributed by atoms with Crippen LogP contribution in [0.2, 0.25) is 0 Å². The molecule has 0 aliphatic rings. The van der Waals surface area contributed by atoms with E-state index in [2.05, 4.69) is 20.2 Å². The van der Waals surface area contributed by atoms with Crippen molar-refractivity contribution in [1.29, 1.82) is 0 Å². The minimum absolute atomic E-state index is 0.384. The number of rotatable bonds is 4. The molecule has 2 rings (SSSR count). The molecule has 0 unspecified atom stereocenters. The maximum atomic E-state index is 11.5. The molecule has 0 saturated heterocycles. The molecule has 0 radical (unpaired) electrons. The number of nitrogens with one attached hydrogen (secondary N) is 1. The van der Waals surface area contributed by atoms with Gasteiger partial charge in [0.25, 0.3) is 0 Å². The Labute approximate surface area is 97.6 Å². The van der Waals surface area contributed by atoms with Gasteiger partial charge in [-0.15, -0.1) is 0 Å². The molecular formula is C11H11N3O3. The number of pyridine rings is 1. The summed E-state index contributed by atoms with van der Waals surface area (Å²) in [7, 11) is 1.33. The van der Waals surface area contributed by atoms with E-state index in [0.29, 0.717) is 23.7 Å². The summed E-state index contributed by atoms with van der Waals surface area (Å²) in [5, 5.41) is 6.57. The molecule has 0 bridgehead atoms. The van der Waals surface area contributed by atoms with Gasteiger partial charge in [-0.25, -0.2) is 9.78 Å². The molecule has 0 aliphatic heterocycles. The number of aromatic nitrogens is 2. The molecule has 0 saturated carbocycles. The Morgan fingerprint density at radius 2 is 2.35 bits per heavy atom. The zero-order chi connectivity index (χ0) is 12.1. The summed E-state index contributed by atoms with van der Waals surface area (Å²) in [5.41, 5.74) is 0.384. The fraction of sp³-hybridized carbons (Fsp3) is 0.182. The smallest absolute Gasteiger partial charge is 0.341 e. The highest BCUT2D eigenvalue weighted by atomic mass is 16.5. The molecule has 0 aliphatic carbocycles. The first-order valence-corrected chi connectivity index (χ1v) is 4.98. The highest BCUT2D eigenvalue weighted by molar-refractivity contribution is 5.94. The van der Waals surface area contributed by atoms with Crippen molar-refractivity contribution in [3.63, 3.8) is 0 Å². The van der Waals surface area contributed by atoms with E-state index < -0.39 is 5.97 Å². The summed E-state index contributed by atoms with van der Waals surface area (Å²) in [6.45, 7) is 0.404. The van der Waals surface area contributed by atoms with Crippen molar-refractivity contribution in [3.05, 3.63) is 41.9 Å². The van der Waals surface area contributed by atoms with Gasteiger partial charge in [-0.2, -0.15) is 0 Å². The number of nitrogens with zero attached hydrogens (tertiary/aromatic N) is 2. The molecule has 0 spiro atoms. The Balaban J connectivity index is 2.12. The van der Waals surface area contributed by atoms with Crippen molar-refractivity contribution in [2.24, 2.45) is 0 Å². The number of hydrogen-bond acceptors (Lipinski definition) is 6. The number of hydrogen-bond donors (Lipinski definition) is 1. The molecule has 6 heteroatoms. The summed E-state index contributed by atoms with van der Waals surface area (Å²) in [5.74, 6) is 0.681. The van der Waals surface area contributed by atoms with Crippen molar-refractivity contribution in [1.82, 2.24) is 10.1 Å². The normalized spacial score (nSPS) is 9.94. The second-order valence-electron chi connectivity index (χ2n) is 3.22. The van der Waals surface area contributed by atoms with Gasteiger partial charge in [-0.1, -0.05) is 5.16 Å². The third-order valence-electron chi connectivity index (χ3n) is 2.13. The van der Waals surface area contributed by atoms with Crippen LogP contribution in [-0.2, 0) is 11.3 Å². The molecule has 2 heterocycles. The van der Waals surface area contributed by atoms with Crippen LogP contribution in [0.25, 0.3) is 0 Å². The van der Waals surface area contributed by atoms with Gasteiger partial charge in [0, 0.05) is 12.3 Å². The van der Waals surface area contributed by atoms with Crippen LogP contribution in [0.15, 0.2) is 35.1 Å². The van der Waals surface area contributed by atoms with Gasteiger partial charge in [0.1, 0.15) is 11.4 Å². The molecule has 1 N–H and O–H groups in total. The van der Waals surface area contributed by atoms with Gasteiger partial charge in [-0.3, -0.25) is 0 Å². The lowest BCUT2D eigenvalue weighted by atomic mass is 10.2. The van der Waals surface area contributed by atoms with E-state index in [1.807, 2.05) is 0 Å². The van der Waals surface area contributed by atoms with Gasteiger partial charge in [0.15, 0.2) is 5.76 Å². The first kappa shape index (κ1) is 11.1. The van der Waals surface area contributed by atoms with Crippen LogP contribution in [0.5, 0.6) is 0 Å². The Morgan fingerprint density at radius 3 is 3.06 bits per heavy atom.